The Labute approximate surface area is 180 Å². The third kappa shape index (κ3) is 3.88. The maximum atomic E-state index is 13.3. The second-order valence-electron chi connectivity index (χ2n) is 7.68. The van der Waals surface area contributed by atoms with Crippen LogP contribution in [0.15, 0.2) is 48.5 Å². The molecule has 1 N–H and O–H groups in total. The van der Waals surface area contributed by atoms with Crippen LogP contribution in [0.1, 0.15) is 34.3 Å². The summed E-state index contributed by atoms with van der Waals surface area (Å²) in [6, 6.07) is 16.5. The van der Waals surface area contributed by atoms with Crippen LogP contribution in [0.3, 0.4) is 0 Å². The van der Waals surface area contributed by atoms with Crippen molar-refractivity contribution in [2.75, 3.05) is 30.7 Å². The monoisotopic (exact) mass is 420 g/mol. The predicted octanol–water partition coefficient (Wildman–Crippen LogP) is 4.08. The third-order valence-corrected chi connectivity index (χ3v) is 7.43. The van der Waals surface area contributed by atoms with Crippen LogP contribution in [0.4, 0.5) is 10.5 Å². The van der Waals surface area contributed by atoms with Gasteiger partial charge in [0.15, 0.2) is 0 Å². The van der Waals surface area contributed by atoms with Crippen molar-refractivity contribution in [3.63, 3.8) is 0 Å². The number of piperidine rings is 1. The van der Waals surface area contributed by atoms with Crippen LogP contribution in [0.25, 0.3) is 0 Å². The molecule has 0 bridgehead atoms. The lowest BCUT2D eigenvalue weighted by Crippen LogP contribution is -2.54. The highest BCUT2D eigenvalue weighted by atomic mass is 32.2. The van der Waals surface area contributed by atoms with E-state index in [0.29, 0.717) is 24.3 Å². The van der Waals surface area contributed by atoms with E-state index in [9.17, 15) is 9.59 Å². The Bertz CT molecular complexity index is 1010. The van der Waals surface area contributed by atoms with E-state index in [1.54, 1.807) is 29.2 Å². The Kier molecular flexibility index (Phi) is 5.69. The fourth-order valence-corrected chi connectivity index (χ4v) is 5.65. The van der Waals surface area contributed by atoms with E-state index in [4.69, 9.17) is 5.26 Å². The van der Waals surface area contributed by atoms with Crippen molar-refractivity contribution < 1.29 is 9.59 Å². The van der Waals surface area contributed by atoms with Gasteiger partial charge in [0, 0.05) is 36.6 Å². The van der Waals surface area contributed by atoms with Crippen molar-refractivity contribution in [1.82, 2.24) is 9.80 Å². The normalized spacial score (nSPS) is 17.6. The molecule has 2 saturated heterocycles. The second-order valence-corrected chi connectivity index (χ2v) is 9.13. The molecule has 0 radical (unpaired) electrons. The number of thioether (sulfide) groups is 1. The van der Waals surface area contributed by atoms with Gasteiger partial charge in [-0.25, -0.2) is 4.79 Å². The number of amides is 3. The van der Waals surface area contributed by atoms with Crippen molar-refractivity contribution in [3.05, 3.63) is 65.2 Å². The van der Waals surface area contributed by atoms with Crippen molar-refractivity contribution in [1.29, 1.82) is 5.26 Å². The minimum Gasteiger partial charge on any atom is -0.324 e. The van der Waals surface area contributed by atoms with Crippen LogP contribution in [0.5, 0.6) is 0 Å². The quantitative estimate of drug-likeness (QED) is 0.794. The van der Waals surface area contributed by atoms with Gasteiger partial charge < -0.3 is 15.1 Å². The van der Waals surface area contributed by atoms with Gasteiger partial charge in [-0.05, 0) is 49.6 Å². The summed E-state index contributed by atoms with van der Waals surface area (Å²) in [5, 5.41) is 11.9. The zero-order valence-electron chi connectivity index (χ0n) is 16.9. The predicted molar refractivity (Wildman–Crippen MR) is 118 cm³/mol. The molecule has 7 heteroatoms. The smallest absolute Gasteiger partial charge is 0.321 e. The highest BCUT2D eigenvalue weighted by Crippen LogP contribution is 2.44. The molecule has 2 aliphatic rings. The second kappa shape index (κ2) is 8.41. The first-order valence-electron chi connectivity index (χ1n) is 10.1. The van der Waals surface area contributed by atoms with E-state index in [1.807, 2.05) is 47.9 Å². The minimum absolute atomic E-state index is 0.0873. The molecule has 6 nitrogen and oxygen atoms in total. The van der Waals surface area contributed by atoms with Gasteiger partial charge in [-0.3, -0.25) is 4.79 Å². The van der Waals surface area contributed by atoms with Crippen LogP contribution in [0, 0.1) is 18.3 Å². The highest BCUT2D eigenvalue weighted by Gasteiger charge is 2.47. The van der Waals surface area contributed by atoms with E-state index < -0.39 is 0 Å². The number of anilines is 1. The number of carbonyl (C=O) groups is 2. The Hall–Kier alpha value is -2.98. The summed E-state index contributed by atoms with van der Waals surface area (Å²) in [4.78, 5) is 29.5. The highest BCUT2D eigenvalue weighted by molar-refractivity contribution is 8.00. The first-order valence-corrected chi connectivity index (χ1v) is 11.1. The van der Waals surface area contributed by atoms with E-state index in [-0.39, 0.29) is 16.8 Å². The number of nitrogens with zero attached hydrogens (tertiary/aromatic N) is 3. The zero-order valence-corrected chi connectivity index (χ0v) is 17.7. The number of likely N-dealkylation sites (tertiary alicyclic amines) is 1. The molecule has 2 fully saturated rings. The van der Waals surface area contributed by atoms with Crippen LogP contribution < -0.4 is 5.32 Å². The van der Waals surface area contributed by atoms with Crippen LogP contribution >= 0.6 is 11.8 Å². The maximum absolute atomic E-state index is 13.3. The van der Waals surface area contributed by atoms with E-state index in [1.165, 1.54) is 0 Å². The molecule has 3 amide bonds. The third-order valence-electron chi connectivity index (χ3n) is 5.87. The molecule has 0 aromatic heterocycles. The molecule has 0 unspecified atom stereocenters. The summed E-state index contributed by atoms with van der Waals surface area (Å²) < 4.78 is 0. The number of nitrogens with one attached hydrogen (secondary N) is 1. The van der Waals surface area contributed by atoms with Gasteiger partial charge in [0.05, 0.1) is 16.5 Å². The lowest BCUT2D eigenvalue weighted by Gasteiger charge is -2.44. The number of benzene rings is 2. The summed E-state index contributed by atoms with van der Waals surface area (Å²) >= 11 is 1.84. The van der Waals surface area contributed by atoms with Gasteiger partial charge in [0.1, 0.15) is 0 Å². The molecule has 0 aliphatic carbocycles. The van der Waals surface area contributed by atoms with E-state index in [2.05, 4.69) is 11.4 Å². The Morgan fingerprint density at radius 2 is 1.87 bits per heavy atom. The molecule has 2 aliphatic heterocycles. The van der Waals surface area contributed by atoms with Gasteiger partial charge in [-0.1, -0.05) is 24.3 Å². The van der Waals surface area contributed by atoms with Crippen LogP contribution in [-0.2, 0) is 0 Å². The first-order chi connectivity index (χ1) is 14.5. The summed E-state index contributed by atoms with van der Waals surface area (Å²) in [7, 11) is 0. The van der Waals surface area contributed by atoms with Gasteiger partial charge >= 0.3 is 6.03 Å². The van der Waals surface area contributed by atoms with Gasteiger partial charge in [0.2, 0.25) is 0 Å². The number of rotatable bonds is 2. The fourth-order valence-electron chi connectivity index (χ4n) is 4.20. The molecule has 2 heterocycles. The topological polar surface area (TPSA) is 76.4 Å². The molecule has 2 aromatic carbocycles. The molecular formula is C23H24N4O2S. The minimum atomic E-state index is -0.239. The number of urea groups is 1. The number of hydrogen-bond donors (Lipinski definition) is 1. The van der Waals surface area contributed by atoms with Gasteiger partial charge in [-0.2, -0.15) is 5.26 Å². The Morgan fingerprint density at radius 3 is 2.60 bits per heavy atom. The molecule has 0 atom stereocenters. The van der Waals surface area contributed by atoms with Crippen molar-refractivity contribution in [2.24, 2.45) is 0 Å². The SMILES string of the molecule is Cc1ccccc1C(=O)N1CCSC12CCN(C(=O)Nc1cccc(C#N)c1)CC2. The Balaban J connectivity index is 1.42. The number of carbonyl (C=O) groups excluding carboxylic acids is 2. The van der Waals surface area contributed by atoms with Crippen molar-refractivity contribution in [3.8, 4) is 6.07 Å². The molecule has 2 aromatic rings. The fraction of sp³-hybridized carbons (Fsp3) is 0.348. The Morgan fingerprint density at radius 1 is 1.10 bits per heavy atom. The summed E-state index contributed by atoms with van der Waals surface area (Å²) in [6.45, 7) is 3.89. The molecule has 4 rings (SSSR count). The van der Waals surface area contributed by atoms with Gasteiger partial charge in [-0.15, -0.1) is 11.8 Å². The molecule has 154 valence electrons. The first kappa shape index (κ1) is 20.3. The number of hydrogen-bond acceptors (Lipinski definition) is 4. The standard InChI is InChI=1S/C23H24N4O2S/c1-17-5-2-3-8-20(17)21(28)27-13-14-30-23(27)9-11-26(12-10-23)22(29)25-19-7-4-6-18(15-19)16-24/h2-8,15H,9-14H2,1H3,(H,25,29). The molecule has 0 saturated carbocycles. The summed E-state index contributed by atoms with van der Waals surface area (Å²) in [5.41, 5.74) is 2.88. The van der Waals surface area contributed by atoms with Gasteiger partial charge in [0.25, 0.3) is 5.91 Å². The summed E-state index contributed by atoms with van der Waals surface area (Å²) in [6.07, 6.45) is 1.50. The molecule has 30 heavy (non-hydrogen) atoms. The summed E-state index contributed by atoms with van der Waals surface area (Å²) in [5.74, 6) is 1.01. The van der Waals surface area contributed by atoms with E-state index >= 15 is 0 Å². The van der Waals surface area contributed by atoms with Crippen molar-refractivity contribution >= 4 is 29.4 Å². The lowest BCUT2D eigenvalue weighted by molar-refractivity contribution is 0.0585. The lowest BCUT2D eigenvalue weighted by atomic mass is 10.00. The average molecular weight is 421 g/mol. The van der Waals surface area contributed by atoms with Crippen molar-refractivity contribution in [2.45, 2.75) is 24.6 Å². The number of aryl methyl sites for hydroxylation is 1. The number of nitriles is 1. The maximum Gasteiger partial charge on any atom is 0.321 e. The van der Waals surface area contributed by atoms with Crippen LogP contribution in [-0.4, -0.2) is 52.0 Å². The van der Waals surface area contributed by atoms with E-state index in [0.717, 1.165) is 36.3 Å². The molecule has 1 spiro atoms. The zero-order chi connectivity index (χ0) is 21.1. The largest absolute Gasteiger partial charge is 0.324 e. The average Bonchev–Trinajstić information content (AvgIpc) is 3.17. The van der Waals surface area contributed by atoms with Crippen LogP contribution in [0.2, 0.25) is 0 Å². The molecular weight excluding hydrogens is 396 g/mol.